The number of likely N-dealkylation sites (tertiary alicyclic amines) is 1. The molecule has 0 radical (unpaired) electrons. The Balaban J connectivity index is 1.90. The van der Waals surface area contributed by atoms with Crippen molar-refractivity contribution in [2.45, 2.75) is 38.8 Å². The molecule has 108 valence electrons. The van der Waals surface area contributed by atoms with Gasteiger partial charge in [0.05, 0.1) is 6.21 Å². The third-order valence-corrected chi connectivity index (χ3v) is 3.69. The van der Waals surface area contributed by atoms with E-state index >= 15 is 0 Å². The van der Waals surface area contributed by atoms with E-state index in [2.05, 4.69) is 34.5 Å². The molecule has 1 unspecified atom stereocenters. The number of nitrogens with one attached hydrogen (secondary N) is 1. The lowest BCUT2D eigenvalue weighted by Crippen LogP contribution is -2.36. The Labute approximate surface area is 119 Å². The third kappa shape index (κ3) is 4.35. The smallest absolute Gasteiger partial charge is 0.332 e. The second-order valence-corrected chi connectivity index (χ2v) is 5.29. The Morgan fingerprint density at radius 2 is 2.20 bits per heavy atom. The average Bonchev–Trinajstić information content (AvgIpc) is 2.43. The number of hydrazone groups is 1. The first-order valence-electron chi connectivity index (χ1n) is 7.06. The number of nitrogens with zero attached hydrogens (tertiary/aromatic N) is 2. The van der Waals surface area contributed by atoms with Crippen LogP contribution in [0.4, 0.5) is 4.79 Å². The van der Waals surface area contributed by atoms with Crippen LogP contribution in [0.1, 0.15) is 37.3 Å². The highest BCUT2D eigenvalue weighted by molar-refractivity contribution is 5.81. The molecule has 1 fully saturated rings. The topological polar surface area (TPSA) is 70.7 Å². The van der Waals surface area contributed by atoms with Crippen molar-refractivity contribution in [3.05, 3.63) is 35.4 Å². The minimum Gasteiger partial charge on any atom is -0.350 e. The molecule has 2 amide bonds. The Morgan fingerprint density at radius 3 is 2.85 bits per heavy atom. The predicted octanol–water partition coefficient (Wildman–Crippen LogP) is 2.06. The number of hydrogen-bond acceptors (Lipinski definition) is 3. The first kappa shape index (κ1) is 14.5. The maximum Gasteiger partial charge on any atom is 0.332 e. The minimum absolute atomic E-state index is 0.656. The number of nitrogens with two attached hydrogens (primary N) is 1. The normalized spacial score (nSPS) is 20.1. The van der Waals surface area contributed by atoms with Crippen molar-refractivity contribution >= 4 is 12.2 Å². The molecule has 0 bridgehead atoms. The number of carbonyl (C=O) groups excluding carboxylic acids is 1. The number of benzene rings is 1. The monoisotopic (exact) mass is 274 g/mol. The summed E-state index contributed by atoms with van der Waals surface area (Å²) in [4.78, 5) is 13.0. The molecule has 1 aliphatic heterocycles. The van der Waals surface area contributed by atoms with E-state index in [1.807, 2.05) is 12.1 Å². The van der Waals surface area contributed by atoms with Gasteiger partial charge < -0.3 is 5.73 Å². The molecule has 1 saturated heterocycles. The first-order valence-corrected chi connectivity index (χ1v) is 7.06. The Hall–Kier alpha value is -1.88. The summed E-state index contributed by atoms with van der Waals surface area (Å²) < 4.78 is 0. The van der Waals surface area contributed by atoms with Crippen LogP contribution in [0.25, 0.3) is 0 Å². The minimum atomic E-state index is -0.656. The molecule has 0 aromatic heterocycles. The second kappa shape index (κ2) is 7.05. The molecular formula is C15H22N4O. The van der Waals surface area contributed by atoms with Gasteiger partial charge in [0.15, 0.2) is 0 Å². The highest BCUT2D eigenvalue weighted by Crippen LogP contribution is 2.19. The summed E-state index contributed by atoms with van der Waals surface area (Å²) >= 11 is 0. The molecule has 0 spiro atoms. The second-order valence-electron chi connectivity index (χ2n) is 5.29. The summed E-state index contributed by atoms with van der Waals surface area (Å²) in [6.07, 6.45) is 5.52. The van der Waals surface area contributed by atoms with E-state index in [9.17, 15) is 4.79 Å². The van der Waals surface area contributed by atoms with Gasteiger partial charge in [0, 0.05) is 12.6 Å². The molecule has 1 aliphatic rings. The van der Waals surface area contributed by atoms with Gasteiger partial charge in [0.1, 0.15) is 0 Å². The standard InChI is InChI=1S/C15H22N4O/c1-12-4-2-3-9-19(12)11-14-7-5-13(6-8-14)10-17-18-15(16)20/h5-8,10,12H,2-4,9,11H2,1H3,(H3,16,18,20). The van der Waals surface area contributed by atoms with E-state index in [0.29, 0.717) is 6.04 Å². The van der Waals surface area contributed by atoms with Crippen LogP contribution in [-0.4, -0.2) is 29.7 Å². The van der Waals surface area contributed by atoms with Crippen LogP contribution in [0.15, 0.2) is 29.4 Å². The van der Waals surface area contributed by atoms with E-state index in [1.54, 1.807) is 6.21 Å². The number of rotatable bonds is 4. The van der Waals surface area contributed by atoms with Gasteiger partial charge in [-0.3, -0.25) is 4.90 Å². The zero-order valence-electron chi connectivity index (χ0n) is 11.9. The highest BCUT2D eigenvalue weighted by atomic mass is 16.2. The Morgan fingerprint density at radius 1 is 1.45 bits per heavy atom. The lowest BCUT2D eigenvalue weighted by Gasteiger charge is -2.33. The number of primary amides is 1. The van der Waals surface area contributed by atoms with E-state index in [1.165, 1.54) is 31.4 Å². The van der Waals surface area contributed by atoms with Crippen molar-refractivity contribution in [3.8, 4) is 0 Å². The van der Waals surface area contributed by atoms with Crippen LogP contribution in [-0.2, 0) is 6.54 Å². The fraction of sp³-hybridized carbons (Fsp3) is 0.467. The highest BCUT2D eigenvalue weighted by Gasteiger charge is 2.17. The molecule has 1 heterocycles. The van der Waals surface area contributed by atoms with Crippen LogP contribution < -0.4 is 11.2 Å². The number of piperidine rings is 1. The molecule has 3 N–H and O–H groups in total. The number of carbonyl (C=O) groups is 1. The van der Waals surface area contributed by atoms with Gasteiger partial charge in [0.2, 0.25) is 0 Å². The lowest BCUT2D eigenvalue weighted by molar-refractivity contribution is 0.152. The van der Waals surface area contributed by atoms with Crippen molar-refractivity contribution in [1.82, 2.24) is 10.3 Å². The zero-order valence-corrected chi connectivity index (χ0v) is 11.9. The maximum atomic E-state index is 10.5. The largest absolute Gasteiger partial charge is 0.350 e. The fourth-order valence-corrected chi connectivity index (χ4v) is 2.51. The van der Waals surface area contributed by atoms with Crippen LogP contribution >= 0.6 is 0 Å². The molecule has 2 rings (SSSR count). The average molecular weight is 274 g/mol. The summed E-state index contributed by atoms with van der Waals surface area (Å²) in [5.74, 6) is 0. The summed E-state index contributed by atoms with van der Waals surface area (Å²) in [7, 11) is 0. The van der Waals surface area contributed by atoms with Crippen molar-refractivity contribution in [2.75, 3.05) is 6.54 Å². The summed E-state index contributed by atoms with van der Waals surface area (Å²) in [6, 6.07) is 8.22. The van der Waals surface area contributed by atoms with Gasteiger partial charge >= 0.3 is 6.03 Å². The van der Waals surface area contributed by atoms with Gasteiger partial charge in [0.25, 0.3) is 0 Å². The molecule has 1 atom stereocenters. The van der Waals surface area contributed by atoms with Gasteiger partial charge in [-0.05, 0) is 37.4 Å². The van der Waals surface area contributed by atoms with Crippen LogP contribution in [0.5, 0.6) is 0 Å². The molecule has 5 nitrogen and oxygen atoms in total. The molecule has 0 saturated carbocycles. The van der Waals surface area contributed by atoms with Crippen molar-refractivity contribution in [3.63, 3.8) is 0 Å². The van der Waals surface area contributed by atoms with Gasteiger partial charge in [-0.1, -0.05) is 30.7 Å². The Bertz CT molecular complexity index is 469. The van der Waals surface area contributed by atoms with Crippen LogP contribution in [0.3, 0.4) is 0 Å². The van der Waals surface area contributed by atoms with E-state index < -0.39 is 6.03 Å². The van der Waals surface area contributed by atoms with E-state index in [-0.39, 0.29) is 0 Å². The summed E-state index contributed by atoms with van der Waals surface area (Å²) in [5.41, 5.74) is 9.35. The molecule has 5 heteroatoms. The summed E-state index contributed by atoms with van der Waals surface area (Å²) in [5, 5.41) is 3.74. The van der Waals surface area contributed by atoms with E-state index in [4.69, 9.17) is 5.73 Å². The summed E-state index contributed by atoms with van der Waals surface area (Å²) in [6.45, 7) is 4.49. The van der Waals surface area contributed by atoms with Crippen LogP contribution in [0, 0.1) is 0 Å². The van der Waals surface area contributed by atoms with Crippen molar-refractivity contribution < 1.29 is 4.79 Å². The SMILES string of the molecule is CC1CCCCN1Cc1ccc(C=NNC(N)=O)cc1. The predicted molar refractivity (Wildman–Crippen MR) is 80.5 cm³/mol. The van der Waals surface area contributed by atoms with Gasteiger partial charge in [-0.15, -0.1) is 0 Å². The maximum absolute atomic E-state index is 10.5. The molecule has 20 heavy (non-hydrogen) atoms. The third-order valence-electron chi connectivity index (χ3n) is 3.69. The lowest BCUT2D eigenvalue weighted by atomic mass is 10.0. The zero-order chi connectivity index (χ0) is 14.4. The molecular weight excluding hydrogens is 252 g/mol. The van der Waals surface area contributed by atoms with Crippen molar-refractivity contribution in [1.29, 1.82) is 0 Å². The number of urea groups is 1. The number of amides is 2. The van der Waals surface area contributed by atoms with E-state index in [0.717, 1.165) is 12.1 Å². The van der Waals surface area contributed by atoms with Gasteiger partial charge in [-0.2, -0.15) is 5.10 Å². The fourth-order valence-electron chi connectivity index (χ4n) is 2.51. The molecule has 0 aliphatic carbocycles. The Kier molecular flexibility index (Phi) is 5.12. The molecule has 1 aromatic carbocycles. The van der Waals surface area contributed by atoms with Gasteiger partial charge in [-0.25, -0.2) is 10.2 Å². The first-order chi connectivity index (χ1) is 9.65. The number of hydrogen-bond donors (Lipinski definition) is 2. The van der Waals surface area contributed by atoms with Crippen LogP contribution in [0.2, 0.25) is 0 Å². The van der Waals surface area contributed by atoms with Crippen molar-refractivity contribution in [2.24, 2.45) is 10.8 Å². The molecule has 1 aromatic rings. The quantitative estimate of drug-likeness (QED) is 0.651.